The molecule has 0 aliphatic rings. The molecule has 0 saturated carbocycles. The average Bonchev–Trinajstić information content (AvgIpc) is 3.35. The van der Waals surface area contributed by atoms with Crippen molar-refractivity contribution in [2.75, 3.05) is 6.61 Å². The van der Waals surface area contributed by atoms with Crippen LogP contribution in [0.2, 0.25) is 0 Å². The maximum atomic E-state index is 12.6. The lowest BCUT2D eigenvalue weighted by molar-refractivity contribution is -0.125. The van der Waals surface area contributed by atoms with E-state index in [2.05, 4.69) is 43.5 Å². The zero-order chi connectivity index (χ0) is 50.0. The summed E-state index contributed by atoms with van der Waals surface area (Å²) in [6.07, 6.45) is 76.5. The number of hydrogen-bond acceptors (Lipinski definition) is 4. The average molecular weight is 973 g/mol. The van der Waals surface area contributed by atoms with E-state index in [9.17, 15) is 20.1 Å². The molecule has 3 atom stereocenters. The Kier molecular flexibility index (Phi) is 58.4. The Bertz CT molecular complexity index is 1030. The molecule has 5 heteroatoms. The summed E-state index contributed by atoms with van der Waals surface area (Å²) in [5, 5.41) is 33.7. The van der Waals surface area contributed by atoms with E-state index in [4.69, 9.17) is 0 Å². The number of hydrogen-bond donors (Lipinski definition) is 4. The van der Waals surface area contributed by atoms with Crippen LogP contribution in [0.25, 0.3) is 0 Å². The Morgan fingerprint density at radius 3 is 0.913 bits per heavy atom. The fraction of sp³-hybridized carbons (Fsp3) is 0.922. The van der Waals surface area contributed by atoms with E-state index in [0.717, 1.165) is 32.1 Å². The minimum absolute atomic E-state index is 0.0396. The van der Waals surface area contributed by atoms with Crippen LogP contribution in [0.3, 0.4) is 0 Å². The number of nitrogens with one attached hydrogen (secondary N) is 1. The molecule has 0 rings (SSSR count). The highest BCUT2D eigenvalue weighted by Crippen LogP contribution is 2.19. The number of allylic oxidation sites excluding steroid dienone is 4. The van der Waals surface area contributed by atoms with E-state index >= 15 is 0 Å². The third-order valence-electron chi connectivity index (χ3n) is 15.0. The molecule has 69 heavy (non-hydrogen) atoms. The highest BCUT2D eigenvalue weighted by Gasteiger charge is 2.21. The Morgan fingerprint density at radius 2 is 0.623 bits per heavy atom. The van der Waals surface area contributed by atoms with Crippen LogP contribution >= 0.6 is 0 Å². The van der Waals surface area contributed by atoms with E-state index in [1.165, 1.54) is 289 Å². The van der Waals surface area contributed by atoms with Crippen LogP contribution < -0.4 is 5.32 Å². The molecule has 0 aromatic rings. The summed E-state index contributed by atoms with van der Waals surface area (Å²) in [6, 6.07) is -0.658. The van der Waals surface area contributed by atoms with E-state index in [1.54, 1.807) is 0 Å². The molecule has 5 nitrogen and oxygen atoms in total. The van der Waals surface area contributed by atoms with Gasteiger partial charge in [0.1, 0.15) is 0 Å². The monoisotopic (exact) mass is 972 g/mol. The van der Waals surface area contributed by atoms with Crippen LogP contribution in [-0.2, 0) is 4.79 Å². The van der Waals surface area contributed by atoms with Crippen molar-refractivity contribution in [1.82, 2.24) is 5.32 Å². The molecule has 3 unspecified atom stereocenters. The van der Waals surface area contributed by atoms with Crippen molar-refractivity contribution in [1.29, 1.82) is 0 Å². The second-order valence-electron chi connectivity index (χ2n) is 22.0. The van der Waals surface area contributed by atoms with Gasteiger partial charge in [0, 0.05) is 0 Å². The van der Waals surface area contributed by atoms with Crippen LogP contribution in [0.5, 0.6) is 0 Å². The van der Waals surface area contributed by atoms with Gasteiger partial charge in [-0.05, 0) is 44.9 Å². The van der Waals surface area contributed by atoms with Crippen molar-refractivity contribution in [2.45, 2.75) is 372 Å². The molecule has 0 spiro atoms. The first-order valence-electron chi connectivity index (χ1n) is 31.6. The van der Waals surface area contributed by atoms with E-state index in [0.29, 0.717) is 12.8 Å². The lowest BCUT2D eigenvalue weighted by atomic mass is 10.0. The Morgan fingerprint density at radius 1 is 0.362 bits per heavy atom. The van der Waals surface area contributed by atoms with E-state index in [1.807, 2.05) is 0 Å². The van der Waals surface area contributed by atoms with E-state index < -0.39 is 18.2 Å². The molecule has 4 N–H and O–H groups in total. The summed E-state index contributed by atoms with van der Waals surface area (Å²) in [4.78, 5) is 12.6. The van der Waals surface area contributed by atoms with Crippen LogP contribution in [0.4, 0.5) is 0 Å². The second kappa shape index (κ2) is 59.4. The molecular formula is C64H125NO4. The maximum Gasteiger partial charge on any atom is 0.222 e. The van der Waals surface area contributed by atoms with Crippen molar-refractivity contribution < 1.29 is 20.1 Å². The fourth-order valence-electron chi connectivity index (χ4n) is 10.2. The number of rotatable bonds is 59. The molecule has 0 fully saturated rings. The summed E-state index contributed by atoms with van der Waals surface area (Å²) < 4.78 is 0. The minimum atomic E-state index is -0.749. The van der Waals surface area contributed by atoms with Gasteiger partial charge >= 0.3 is 0 Å². The van der Waals surface area contributed by atoms with Gasteiger partial charge in [-0.15, -0.1) is 0 Å². The zero-order valence-electron chi connectivity index (χ0n) is 47.0. The molecule has 0 aliphatic carbocycles. The topological polar surface area (TPSA) is 89.8 Å². The predicted molar refractivity (Wildman–Crippen MR) is 305 cm³/mol. The van der Waals surface area contributed by atoms with Crippen LogP contribution in [0.15, 0.2) is 24.3 Å². The van der Waals surface area contributed by atoms with Crippen molar-refractivity contribution in [3.63, 3.8) is 0 Å². The van der Waals surface area contributed by atoms with Gasteiger partial charge in [0.2, 0.25) is 5.91 Å². The van der Waals surface area contributed by atoms with Crippen LogP contribution in [0.1, 0.15) is 354 Å². The molecule has 0 saturated heterocycles. The van der Waals surface area contributed by atoms with Gasteiger partial charge in [-0.25, -0.2) is 0 Å². The largest absolute Gasteiger partial charge is 0.394 e. The molecule has 0 aromatic carbocycles. The maximum absolute atomic E-state index is 12.6. The van der Waals surface area contributed by atoms with Crippen molar-refractivity contribution in [2.24, 2.45) is 0 Å². The molecule has 0 heterocycles. The van der Waals surface area contributed by atoms with Crippen molar-refractivity contribution in [3.05, 3.63) is 24.3 Å². The number of unbranched alkanes of at least 4 members (excludes halogenated alkanes) is 46. The molecule has 0 aliphatic heterocycles. The van der Waals surface area contributed by atoms with Gasteiger partial charge in [0.05, 0.1) is 31.3 Å². The molecule has 410 valence electrons. The van der Waals surface area contributed by atoms with Gasteiger partial charge in [-0.1, -0.05) is 327 Å². The highest BCUT2D eigenvalue weighted by atomic mass is 16.3. The third-order valence-corrected chi connectivity index (χ3v) is 15.0. The Balaban J connectivity index is 3.47. The smallest absolute Gasteiger partial charge is 0.222 e. The van der Waals surface area contributed by atoms with Gasteiger partial charge in [-0.3, -0.25) is 4.79 Å². The highest BCUT2D eigenvalue weighted by molar-refractivity contribution is 5.76. The third kappa shape index (κ3) is 56.0. The lowest BCUT2D eigenvalue weighted by Gasteiger charge is -2.23. The van der Waals surface area contributed by atoms with Gasteiger partial charge in [0.25, 0.3) is 0 Å². The van der Waals surface area contributed by atoms with Crippen LogP contribution in [-0.4, -0.2) is 46.1 Å². The lowest BCUT2D eigenvalue weighted by Crippen LogP contribution is -2.46. The van der Waals surface area contributed by atoms with Crippen LogP contribution in [0, 0.1) is 0 Å². The molecule has 0 bridgehead atoms. The number of carbonyl (C=O) groups excluding carboxylic acids is 1. The SMILES string of the molecule is CCCCCCCCCCCCCCC/C=C\C/C=C\CCCCCCCCCCCCCCCCCC(O)CC(=O)NC(CO)C(O)CCCCCCCCCCCCCCCCCCCCC. The predicted octanol–water partition coefficient (Wildman–Crippen LogP) is 20.0. The summed E-state index contributed by atoms with van der Waals surface area (Å²) >= 11 is 0. The summed E-state index contributed by atoms with van der Waals surface area (Å²) in [5.74, 6) is -0.277. The molecule has 1 amide bonds. The normalized spacial score (nSPS) is 13.3. The molecular weight excluding hydrogens is 847 g/mol. The van der Waals surface area contributed by atoms with Gasteiger partial charge in [0.15, 0.2) is 0 Å². The summed E-state index contributed by atoms with van der Waals surface area (Å²) in [7, 11) is 0. The second-order valence-corrected chi connectivity index (χ2v) is 22.0. The van der Waals surface area contributed by atoms with Crippen molar-refractivity contribution in [3.8, 4) is 0 Å². The van der Waals surface area contributed by atoms with Crippen molar-refractivity contribution >= 4 is 5.91 Å². The number of aliphatic hydroxyl groups excluding tert-OH is 3. The number of carbonyl (C=O) groups is 1. The van der Waals surface area contributed by atoms with Gasteiger partial charge in [-0.2, -0.15) is 0 Å². The number of aliphatic hydroxyl groups is 3. The first-order valence-corrected chi connectivity index (χ1v) is 31.6. The van der Waals surface area contributed by atoms with E-state index in [-0.39, 0.29) is 18.9 Å². The summed E-state index contributed by atoms with van der Waals surface area (Å²) in [5.41, 5.74) is 0. The first kappa shape index (κ1) is 67.8. The fourth-order valence-corrected chi connectivity index (χ4v) is 10.2. The first-order chi connectivity index (χ1) is 34.0. The zero-order valence-corrected chi connectivity index (χ0v) is 47.0. The minimum Gasteiger partial charge on any atom is -0.394 e. The van der Waals surface area contributed by atoms with Gasteiger partial charge < -0.3 is 20.6 Å². The quantitative estimate of drug-likeness (QED) is 0.0361. The number of amides is 1. The Labute approximate surface area is 432 Å². The molecule has 0 radical (unpaired) electrons. The Hall–Kier alpha value is -1.17. The molecule has 0 aromatic heterocycles. The standard InChI is InChI=1S/C64H125NO4/c1-3-5-7-9-11-13-15-17-19-21-23-24-25-26-27-28-29-30-31-32-33-34-35-36-37-38-40-41-43-45-47-49-51-53-55-57-61(67)59-64(69)65-62(60-66)63(68)58-56-54-52-50-48-46-44-42-39-22-20-18-16-14-12-10-8-6-4-2/h27-28,30-31,61-63,66-68H,3-26,29,32-60H2,1-2H3,(H,65,69)/b28-27-,31-30-. The summed E-state index contributed by atoms with van der Waals surface area (Å²) in [6.45, 7) is 4.31.